The Morgan fingerprint density at radius 1 is 1.04 bits per heavy atom. The fraction of sp³-hybridized carbons (Fsp3) is 0.364. The molecule has 28 heavy (non-hydrogen) atoms. The molecule has 1 unspecified atom stereocenters. The van der Waals surface area contributed by atoms with Crippen LogP contribution in [0.4, 0.5) is 5.69 Å². The van der Waals surface area contributed by atoms with Gasteiger partial charge in [0.2, 0.25) is 5.91 Å². The third-order valence-corrected chi connectivity index (χ3v) is 4.56. The Kier molecular flexibility index (Phi) is 6.53. The predicted octanol–water partition coefficient (Wildman–Crippen LogP) is 3.58. The Morgan fingerprint density at radius 3 is 2.46 bits per heavy atom. The normalized spacial score (nSPS) is 16.1. The molecule has 6 heteroatoms. The van der Waals surface area contributed by atoms with E-state index in [2.05, 4.69) is 0 Å². The lowest BCUT2D eigenvalue weighted by atomic mass is 10.1. The number of hydrogen-bond acceptors (Lipinski definition) is 5. The minimum Gasteiger partial charge on any atom is -0.494 e. The molecule has 2 aromatic rings. The number of ether oxygens (including phenoxy) is 3. The number of carbonyl (C=O) groups is 2. The Labute approximate surface area is 165 Å². The second-order valence-corrected chi connectivity index (χ2v) is 6.48. The van der Waals surface area contributed by atoms with Crippen molar-refractivity contribution in [1.29, 1.82) is 0 Å². The van der Waals surface area contributed by atoms with Gasteiger partial charge in [-0.15, -0.1) is 0 Å². The first-order valence-electron chi connectivity index (χ1n) is 9.53. The van der Waals surface area contributed by atoms with Gasteiger partial charge in [-0.1, -0.05) is 18.2 Å². The Balaban J connectivity index is 1.59. The number of carbonyl (C=O) groups excluding carboxylic acids is 2. The van der Waals surface area contributed by atoms with Crippen molar-refractivity contribution in [1.82, 2.24) is 0 Å². The maximum atomic E-state index is 12.5. The summed E-state index contributed by atoms with van der Waals surface area (Å²) in [5.74, 6) is 0.533. The molecule has 1 saturated heterocycles. The lowest BCUT2D eigenvalue weighted by Crippen LogP contribution is -2.26. The van der Waals surface area contributed by atoms with Crippen LogP contribution in [0.25, 0.3) is 0 Å². The minimum absolute atomic E-state index is 0.0826. The minimum atomic E-state index is -0.474. The zero-order valence-corrected chi connectivity index (χ0v) is 16.2. The highest BCUT2D eigenvalue weighted by Gasteiger charge is 2.36. The molecular weight excluding hydrogens is 358 g/mol. The van der Waals surface area contributed by atoms with Gasteiger partial charge in [-0.2, -0.15) is 0 Å². The molecule has 1 heterocycles. The smallest absolute Gasteiger partial charge is 0.311 e. The second kappa shape index (κ2) is 9.26. The molecule has 0 bridgehead atoms. The van der Waals surface area contributed by atoms with E-state index in [1.165, 1.54) is 0 Å². The molecule has 3 rings (SSSR count). The van der Waals surface area contributed by atoms with Crippen LogP contribution in [0.2, 0.25) is 0 Å². The topological polar surface area (TPSA) is 65.1 Å². The summed E-state index contributed by atoms with van der Waals surface area (Å²) in [5.41, 5.74) is 1.57. The van der Waals surface area contributed by atoms with Crippen LogP contribution in [-0.4, -0.2) is 31.6 Å². The van der Waals surface area contributed by atoms with Gasteiger partial charge < -0.3 is 19.1 Å². The summed E-state index contributed by atoms with van der Waals surface area (Å²) in [6, 6.07) is 14.8. The average Bonchev–Trinajstić information content (AvgIpc) is 3.10. The third kappa shape index (κ3) is 4.63. The van der Waals surface area contributed by atoms with Crippen molar-refractivity contribution in [3.05, 3.63) is 54.1 Å². The summed E-state index contributed by atoms with van der Waals surface area (Å²) in [7, 11) is 0. The van der Waals surface area contributed by atoms with E-state index in [9.17, 15) is 9.59 Å². The lowest BCUT2D eigenvalue weighted by Gasteiger charge is -2.17. The summed E-state index contributed by atoms with van der Waals surface area (Å²) >= 11 is 0. The molecule has 0 saturated carbocycles. The van der Waals surface area contributed by atoms with E-state index in [-0.39, 0.29) is 24.9 Å². The summed E-state index contributed by atoms with van der Waals surface area (Å²) in [6.45, 7) is 5.40. The molecule has 1 aliphatic heterocycles. The van der Waals surface area contributed by atoms with Gasteiger partial charge in [0.25, 0.3) is 0 Å². The van der Waals surface area contributed by atoms with Crippen LogP contribution >= 0.6 is 0 Å². The van der Waals surface area contributed by atoms with Crippen molar-refractivity contribution in [2.45, 2.75) is 26.9 Å². The van der Waals surface area contributed by atoms with Crippen molar-refractivity contribution < 1.29 is 23.8 Å². The first-order chi connectivity index (χ1) is 13.6. The predicted molar refractivity (Wildman–Crippen MR) is 105 cm³/mol. The highest BCUT2D eigenvalue weighted by molar-refractivity contribution is 5.99. The highest BCUT2D eigenvalue weighted by atomic mass is 16.5. The van der Waals surface area contributed by atoms with E-state index in [1.54, 1.807) is 4.90 Å². The van der Waals surface area contributed by atoms with E-state index in [4.69, 9.17) is 14.2 Å². The fourth-order valence-electron chi connectivity index (χ4n) is 3.19. The van der Waals surface area contributed by atoms with Crippen LogP contribution in [0.1, 0.15) is 25.8 Å². The van der Waals surface area contributed by atoms with E-state index in [0.29, 0.717) is 25.5 Å². The number of amides is 1. The highest BCUT2D eigenvalue weighted by Crippen LogP contribution is 2.28. The lowest BCUT2D eigenvalue weighted by molar-refractivity contribution is -0.149. The largest absolute Gasteiger partial charge is 0.494 e. The van der Waals surface area contributed by atoms with Gasteiger partial charge in [-0.05, 0) is 44.2 Å². The molecule has 1 atom stereocenters. The van der Waals surface area contributed by atoms with Crippen molar-refractivity contribution in [2.75, 3.05) is 24.7 Å². The Hall–Kier alpha value is -3.02. The van der Waals surface area contributed by atoms with Gasteiger partial charge in [0.1, 0.15) is 18.1 Å². The number of hydrogen-bond donors (Lipinski definition) is 0. The maximum absolute atomic E-state index is 12.5. The van der Waals surface area contributed by atoms with Gasteiger partial charge >= 0.3 is 5.97 Å². The maximum Gasteiger partial charge on any atom is 0.311 e. The Bertz CT molecular complexity index is 818. The van der Waals surface area contributed by atoms with Gasteiger partial charge in [0.15, 0.2) is 0 Å². The zero-order chi connectivity index (χ0) is 19.9. The molecule has 0 N–H and O–H groups in total. The second-order valence-electron chi connectivity index (χ2n) is 6.48. The number of benzene rings is 2. The van der Waals surface area contributed by atoms with E-state index in [0.717, 1.165) is 17.0 Å². The van der Waals surface area contributed by atoms with Crippen LogP contribution < -0.4 is 14.4 Å². The summed E-state index contributed by atoms with van der Waals surface area (Å²) in [6.07, 6.45) is 0.152. The van der Waals surface area contributed by atoms with Crippen LogP contribution in [0.5, 0.6) is 11.5 Å². The van der Waals surface area contributed by atoms with Crippen molar-refractivity contribution in [3.63, 3.8) is 0 Å². The summed E-state index contributed by atoms with van der Waals surface area (Å²) in [5, 5.41) is 0. The van der Waals surface area contributed by atoms with Gasteiger partial charge in [-0.3, -0.25) is 9.59 Å². The molecule has 6 nitrogen and oxygen atoms in total. The standard InChI is InChI=1S/C22H25NO5/c1-3-26-19-11-9-18(10-12-19)23-14-17(13-21(23)24)22(25)28-15-16-7-5-6-8-20(16)27-4-2/h5-12,17H,3-4,13-15H2,1-2H3. The van der Waals surface area contributed by atoms with Crippen LogP contribution in [0.3, 0.4) is 0 Å². The number of anilines is 1. The zero-order valence-electron chi connectivity index (χ0n) is 16.2. The molecule has 148 valence electrons. The number of esters is 1. The fourth-order valence-corrected chi connectivity index (χ4v) is 3.19. The van der Waals surface area contributed by atoms with Crippen LogP contribution in [0.15, 0.2) is 48.5 Å². The van der Waals surface area contributed by atoms with Crippen molar-refractivity contribution in [2.24, 2.45) is 5.92 Å². The van der Waals surface area contributed by atoms with Gasteiger partial charge in [0, 0.05) is 24.2 Å². The van der Waals surface area contributed by atoms with E-state index in [1.807, 2.05) is 62.4 Å². The summed E-state index contributed by atoms with van der Waals surface area (Å²) in [4.78, 5) is 26.5. The molecule has 0 aliphatic carbocycles. The van der Waals surface area contributed by atoms with Crippen molar-refractivity contribution in [3.8, 4) is 11.5 Å². The molecule has 0 aromatic heterocycles. The van der Waals surface area contributed by atoms with Gasteiger partial charge in [0.05, 0.1) is 19.1 Å². The number of nitrogens with zero attached hydrogens (tertiary/aromatic N) is 1. The number of rotatable bonds is 8. The molecule has 1 fully saturated rings. The molecule has 2 aromatic carbocycles. The molecule has 0 spiro atoms. The monoisotopic (exact) mass is 383 g/mol. The Morgan fingerprint density at radius 2 is 1.75 bits per heavy atom. The molecule has 1 amide bonds. The summed E-state index contributed by atoms with van der Waals surface area (Å²) < 4.78 is 16.4. The van der Waals surface area contributed by atoms with E-state index < -0.39 is 5.92 Å². The van der Waals surface area contributed by atoms with Crippen LogP contribution in [-0.2, 0) is 20.9 Å². The van der Waals surface area contributed by atoms with E-state index >= 15 is 0 Å². The average molecular weight is 383 g/mol. The molecular formula is C22H25NO5. The SMILES string of the molecule is CCOc1ccc(N2CC(C(=O)OCc3ccccc3OCC)CC2=O)cc1. The molecule has 0 radical (unpaired) electrons. The first kappa shape index (κ1) is 19.7. The third-order valence-electron chi connectivity index (χ3n) is 4.56. The first-order valence-corrected chi connectivity index (χ1v) is 9.53. The van der Waals surface area contributed by atoms with Crippen molar-refractivity contribution >= 4 is 17.6 Å². The molecule has 1 aliphatic rings. The van der Waals surface area contributed by atoms with Crippen LogP contribution in [0, 0.1) is 5.92 Å². The number of para-hydroxylation sites is 1. The quantitative estimate of drug-likeness (QED) is 0.652. The van der Waals surface area contributed by atoms with Gasteiger partial charge in [-0.25, -0.2) is 0 Å².